The molecule has 2 amide bonds. The zero-order chi connectivity index (χ0) is 21.3. The number of rotatable bonds is 5. The molecule has 1 heterocycles. The first kappa shape index (κ1) is 20.1. The molecule has 0 atom stereocenters. The van der Waals surface area contributed by atoms with E-state index in [-0.39, 0.29) is 23.4 Å². The SMILES string of the molecule is O=C(Oc1ccc(CCN2C(=O)c3ccccc3C2=O)cc1)c1ccc(Cl)c(Cl)c1. The standard InChI is InChI=1S/C23H15Cl2NO4/c24-19-10-7-15(13-20(19)25)23(29)30-16-8-5-14(6-9-16)11-12-26-21(27)17-3-1-2-4-18(17)22(26)28/h1-10,13H,11-12H2. The molecule has 0 N–H and O–H groups in total. The van der Waals surface area contributed by atoms with Gasteiger partial charge in [0.1, 0.15) is 5.75 Å². The molecule has 30 heavy (non-hydrogen) atoms. The molecule has 1 aliphatic rings. The zero-order valence-corrected chi connectivity index (χ0v) is 17.1. The molecule has 0 saturated heterocycles. The van der Waals surface area contributed by atoms with Gasteiger partial charge in [0.05, 0.1) is 26.7 Å². The van der Waals surface area contributed by atoms with Crippen LogP contribution in [0, 0.1) is 0 Å². The Kier molecular flexibility index (Phi) is 5.57. The molecular weight excluding hydrogens is 425 g/mol. The fourth-order valence-electron chi connectivity index (χ4n) is 3.20. The lowest BCUT2D eigenvalue weighted by atomic mass is 10.1. The molecular formula is C23H15Cl2NO4. The fraction of sp³-hybridized carbons (Fsp3) is 0.0870. The third-order valence-corrected chi connectivity index (χ3v) is 5.53. The second-order valence-electron chi connectivity index (χ2n) is 6.72. The third-order valence-electron chi connectivity index (χ3n) is 4.79. The Hall–Kier alpha value is -3.15. The van der Waals surface area contributed by atoms with E-state index in [1.54, 1.807) is 48.5 Å². The van der Waals surface area contributed by atoms with Gasteiger partial charge in [-0.2, -0.15) is 0 Å². The Bertz CT molecular complexity index is 1120. The highest BCUT2D eigenvalue weighted by Gasteiger charge is 2.34. The lowest BCUT2D eigenvalue weighted by molar-refractivity contribution is 0.0654. The van der Waals surface area contributed by atoms with Crippen molar-refractivity contribution in [1.82, 2.24) is 4.90 Å². The number of halogens is 2. The van der Waals surface area contributed by atoms with Crippen molar-refractivity contribution in [2.45, 2.75) is 6.42 Å². The van der Waals surface area contributed by atoms with E-state index in [2.05, 4.69) is 0 Å². The first-order valence-electron chi connectivity index (χ1n) is 9.15. The molecule has 150 valence electrons. The van der Waals surface area contributed by atoms with E-state index in [1.807, 2.05) is 0 Å². The average Bonchev–Trinajstić information content (AvgIpc) is 3.00. The topological polar surface area (TPSA) is 63.7 Å². The molecule has 1 aliphatic heterocycles. The second kappa shape index (κ2) is 8.30. The predicted octanol–water partition coefficient (Wildman–Crippen LogP) is 5.05. The van der Waals surface area contributed by atoms with Crippen LogP contribution >= 0.6 is 23.2 Å². The molecule has 0 bridgehead atoms. The number of carbonyl (C=O) groups is 3. The minimum Gasteiger partial charge on any atom is -0.423 e. The average molecular weight is 440 g/mol. The maximum absolute atomic E-state index is 12.4. The summed E-state index contributed by atoms with van der Waals surface area (Å²) in [5.74, 6) is -0.728. The number of hydrogen-bond acceptors (Lipinski definition) is 4. The Morgan fingerprint density at radius 2 is 1.47 bits per heavy atom. The normalized spacial score (nSPS) is 12.8. The van der Waals surface area contributed by atoms with Gasteiger partial charge in [-0.1, -0.05) is 47.5 Å². The molecule has 3 aromatic carbocycles. The molecule has 0 spiro atoms. The van der Waals surface area contributed by atoms with E-state index in [0.717, 1.165) is 5.56 Å². The molecule has 0 saturated carbocycles. The van der Waals surface area contributed by atoms with Gasteiger partial charge in [-0.3, -0.25) is 14.5 Å². The van der Waals surface area contributed by atoms with Crippen LogP contribution in [0.15, 0.2) is 66.7 Å². The van der Waals surface area contributed by atoms with Crippen LogP contribution in [0.25, 0.3) is 0 Å². The van der Waals surface area contributed by atoms with Crippen LogP contribution in [0.1, 0.15) is 36.6 Å². The third kappa shape index (κ3) is 3.95. The second-order valence-corrected chi connectivity index (χ2v) is 7.53. The van der Waals surface area contributed by atoms with Gasteiger partial charge in [-0.25, -0.2) is 4.79 Å². The molecule has 5 nitrogen and oxygen atoms in total. The zero-order valence-electron chi connectivity index (χ0n) is 15.6. The van der Waals surface area contributed by atoms with Crippen LogP contribution in [-0.2, 0) is 6.42 Å². The van der Waals surface area contributed by atoms with Crippen molar-refractivity contribution < 1.29 is 19.1 Å². The van der Waals surface area contributed by atoms with Gasteiger partial charge >= 0.3 is 5.97 Å². The van der Waals surface area contributed by atoms with Crippen molar-refractivity contribution in [3.8, 4) is 5.75 Å². The van der Waals surface area contributed by atoms with E-state index < -0.39 is 5.97 Å². The van der Waals surface area contributed by atoms with E-state index >= 15 is 0 Å². The smallest absolute Gasteiger partial charge is 0.343 e. The maximum Gasteiger partial charge on any atom is 0.343 e. The minimum atomic E-state index is -0.549. The number of benzene rings is 3. The van der Waals surface area contributed by atoms with E-state index in [1.165, 1.54) is 23.1 Å². The molecule has 0 aromatic heterocycles. The Morgan fingerprint density at radius 1 is 0.833 bits per heavy atom. The number of hydrogen-bond donors (Lipinski definition) is 0. The van der Waals surface area contributed by atoms with E-state index in [0.29, 0.717) is 33.9 Å². The van der Waals surface area contributed by atoms with Crippen molar-refractivity contribution in [2.24, 2.45) is 0 Å². The molecule has 0 unspecified atom stereocenters. The van der Waals surface area contributed by atoms with Gasteiger partial charge in [0.15, 0.2) is 0 Å². The Morgan fingerprint density at radius 3 is 2.07 bits per heavy atom. The summed E-state index contributed by atoms with van der Waals surface area (Å²) in [5.41, 5.74) is 2.07. The molecule has 4 rings (SSSR count). The van der Waals surface area contributed by atoms with Crippen LogP contribution < -0.4 is 4.74 Å². The fourth-order valence-corrected chi connectivity index (χ4v) is 3.49. The Balaban J connectivity index is 1.37. The Labute approximate surface area is 182 Å². The summed E-state index contributed by atoms with van der Waals surface area (Å²) in [6.45, 7) is 0.273. The molecule has 3 aromatic rings. The van der Waals surface area contributed by atoms with Gasteiger partial charge in [0.25, 0.3) is 11.8 Å². The highest BCUT2D eigenvalue weighted by molar-refractivity contribution is 6.42. The summed E-state index contributed by atoms with van der Waals surface area (Å²) in [6.07, 6.45) is 0.493. The van der Waals surface area contributed by atoms with Crippen molar-refractivity contribution in [1.29, 1.82) is 0 Å². The number of esters is 1. The van der Waals surface area contributed by atoms with E-state index in [4.69, 9.17) is 27.9 Å². The van der Waals surface area contributed by atoms with Gasteiger partial charge in [0.2, 0.25) is 0 Å². The van der Waals surface area contributed by atoms with Crippen LogP contribution in [0.3, 0.4) is 0 Å². The number of carbonyl (C=O) groups excluding carboxylic acids is 3. The summed E-state index contributed by atoms with van der Waals surface area (Å²) >= 11 is 11.8. The van der Waals surface area contributed by atoms with Crippen molar-refractivity contribution in [2.75, 3.05) is 6.54 Å². The monoisotopic (exact) mass is 439 g/mol. The number of ether oxygens (including phenoxy) is 1. The summed E-state index contributed by atoms with van der Waals surface area (Å²) in [7, 11) is 0. The highest BCUT2D eigenvalue weighted by Crippen LogP contribution is 2.25. The summed E-state index contributed by atoms with van der Waals surface area (Å²) in [6, 6.07) is 18.2. The summed E-state index contributed by atoms with van der Waals surface area (Å²) in [4.78, 5) is 38.3. The summed E-state index contributed by atoms with van der Waals surface area (Å²) in [5, 5.41) is 0.630. The first-order valence-corrected chi connectivity index (χ1v) is 9.91. The van der Waals surface area contributed by atoms with Crippen LogP contribution in [0.2, 0.25) is 10.0 Å². The van der Waals surface area contributed by atoms with Gasteiger partial charge in [0, 0.05) is 6.54 Å². The van der Waals surface area contributed by atoms with Gasteiger partial charge in [-0.05, 0) is 54.4 Å². The molecule has 7 heteroatoms. The molecule has 0 radical (unpaired) electrons. The van der Waals surface area contributed by atoms with Crippen molar-refractivity contribution in [3.05, 3.63) is 99.0 Å². The van der Waals surface area contributed by atoms with Crippen LogP contribution in [0.4, 0.5) is 0 Å². The number of imide groups is 1. The number of amides is 2. The minimum absolute atomic E-state index is 0.273. The number of nitrogens with zero attached hydrogens (tertiary/aromatic N) is 1. The van der Waals surface area contributed by atoms with E-state index in [9.17, 15) is 14.4 Å². The van der Waals surface area contributed by atoms with Gasteiger partial charge in [-0.15, -0.1) is 0 Å². The largest absolute Gasteiger partial charge is 0.423 e. The lowest BCUT2D eigenvalue weighted by Crippen LogP contribution is -2.31. The predicted molar refractivity (Wildman–Crippen MR) is 113 cm³/mol. The van der Waals surface area contributed by atoms with Gasteiger partial charge < -0.3 is 4.74 Å². The molecule has 0 aliphatic carbocycles. The lowest BCUT2D eigenvalue weighted by Gasteiger charge is -2.14. The van der Waals surface area contributed by atoms with Crippen molar-refractivity contribution in [3.63, 3.8) is 0 Å². The highest BCUT2D eigenvalue weighted by atomic mass is 35.5. The maximum atomic E-state index is 12.4. The number of fused-ring (bicyclic) bond motifs is 1. The van der Waals surface area contributed by atoms with Crippen LogP contribution in [-0.4, -0.2) is 29.2 Å². The van der Waals surface area contributed by atoms with Crippen LogP contribution in [0.5, 0.6) is 5.75 Å². The molecule has 0 fully saturated rings. The van der Waals surface area contributed by atoms with Crippen molar-refractivity contribution >= 4 is 41.0 Å². The first-order chi connectivity index (χ1) is 14.4. The summed E-state index contributed by atoms with van der Waals surface area (Å²) < 4.78 is 5.35. The quantitative estimate of drug-likeness (QED) is 0.317.